The lowest BCUT2D eigenvalue weighted by Crippen LogP contribution is -2.35. The molecule has 3 rings (SSSR count). The molecule has 5 nitrogen and oxygen atoms in total. The molecule has 0 spiro atoms. The molecule has 0 saturated carbocycles. The molecule has 2 aromatic rings. The molecule has 1 aromatic carbocycles. The van der Waals surface area contributed by atoms with E-state index in [2.05, 4.69) is 4.98 Å². The first kappa shape index (κ1) is 12.5. The highest BCUT2D eigenvalue weighted by molar-refractivity contribution is 7.18. The van der Waals surface area contributed by atoms with Gasteiger partial charge in [0.1, 0.15) is 11.0 Å². The third kappa shape index (κ3) is 2.47. The van der Waals surface area contributed by atoms with Crippen LogP contribution >= 0.6 is 11.3 Å². The summed E-state index contributed by atoms with van der Waals surface area (Å²) in [4.78, 5) is 17.4. The molecule has 0 radical (unpaired) electrons. The van der Waals surface area contributed by atoms with Crippen LogP contribution in [-0.2, 0) is 11.3 Å². The number of likely N-dealkylation sites (tertiary alicyclic amines) is 1. The van der Waals surface area contributed by atoms with Crippen molar-refractivity contribution in [3.8, 4) is 0 Å². The van der Waals surface area contributed by atoms with Gasteiger partial charge in [-0.2, -0.15) is 0 Å². The van der Waals surface area contributed by atoms with Gasteiger partial charge in [-0.25, -0.2) is 4.98 Å². The van der Waals surface area contributed by atoms with Gasteiger partial charge in [0.2, 0.25) is 0 Å². The van der Waals surface area contributed by atoms with Crippen molar-refractivity contribution >= 4 is 27.5 Å². The Morgan fingerprint density at radius 2 is 2.26 bits per heavy atom. The molecule has 19 heavy (non-hydrogen) atoms. The number of thiazole rings is 1. The average Bonchev–Trinajstić information content (AvgIpc) is 2.92. The number of carboxylic acids is 1. The van der Waals surface area contributed by atoms with E-state index in [0.29, 0.717) is 19.5 Å². The molecule has 6 heteroatoms. The zero-order valence-electron chi connectivity index (χ0n) is 10.2. The van der Waals surface area contributed by atoms with E-state index in [1.54, 1.807) is 16.2 Å². The van der Waals surface area contributed by atoms with Crippen LogP contribution < -0.4 is 0 Å². The van der Waals surface area contributed by atoms with Crippen molar-refractivity contribution in [3.05, 3.63) is 29.3 Å². The summed E-state index contributed by atoms with van der Waals surface area (Å²) in [6.07, 6.45) is -0.268. The van der Waals surface area contributed by atoms with Gasteiger partial charge >= 0.3 is 5.97 Å². The summed E-state index contributed by atoms with van der Waals surface area (Å²) in [6, 6.07) is 7.24. The fourth-order valence-electron chi connectivity index (χ4n) is 2.47. The second-order valence-corrected chi connectivity index (χ2v) is 5.86. The summed E-state index contributed by atoms with van der Waals surface area (Å²) >= 11 is 1.57. The van der Waals surface area contributed by atoms with Crippen LogP contribution in [0.4, 0.5) is 0 Å². The van der Waals surface area contributed by atoms with Crippen molar-refractivity contribution < 1.29 is 15.0 Å². The highest BCUT2D eigenvalue weighted by Gasteiger charge is 2.36. The van der Waals surface area contributed by atoms with Crippen LogP contribution in [0.15, 0.2) is 24.3 Å². The maximum atomic E-state index is 11.2. The lowest BCUT2D eigenvalue weighted by Gasteiger charge is -2.18. The molecule has 2 atom stereocenters. The van der Waals surface area contributed by atoms with E-state index < -0.39 is 18.1 Å². The van der Waals surface area contributed by atoms with E-state index in [0.717, 1.165) is 15.2 Å². The van der Waals surface area contributed by atoms with E-state index in [1.807, 2.05) is 24.3 Å². The third-order valence-corrected chi connectivity index (χ3v) is 4.36. The molecular weight excluding hydrogens is 264 g/mol. The number of hydrogen-bond donors (Lipinski definition) is 2. The number of β-amino-alcohol motifs (C(OH)–C–C–N with tert-alkyl or cyclic N) is 1. The second kappa shape index (κ2) is 4.88. The molecule has 0 aliphatic carbocycles. The van der Waals surface area contributed by atoms with Crippen LogP contribution in [0.3, 0.4) is 0 Å². The van der Waals surface area contributed by atoms with Crippen molar-refractivity contribution in [2.24, 2.45) is 0 Å². The molecule has 1 saturated heterocycles. The summed E-state index contributed by atoms with van der Waals surface area (Å²) in [7, 11) is 0. The summed E-state index contributed by atoms with van der Waals surface area (Å²) in [6.45, 7) is 0.875. The standard InChI is InChI=1S/C13H14N2O3S/c16-8-5-10(13(17)18)15(6-8)7-12-14-9-3-1-2-4-11(9)19-12/h1-4,8,10,16H,5-7H2,(H,17,18). The normalized spacial score (nSPS) is 24.1. The number of carboxylic acid groups (broad SMARTS) is 1. The lowest BCUT2D eigenvalue weighted by molar-refractivity contribution is -0.142. The zero-order chi connectivity index (χ0) is 13.4. The van der Waals surface area contributed by atoms with Crippen molar-refractivity contribution in [1.29, 1.82) is 0 Å². The van der Waals surface area contributed by atoms with Gasteiger partial charge in [0.15, 0.2) is 0 Å². The molecule has 1 aliphatic rings. The number of rotatable bonds is 3. The highest BCUT2D eigenvalue weighted by atomic mass is 32.1. The molecule has 2 heterocycles. The third-order valence-electron chi connectivity index (χ3n) is 3.34. The Morgan fingerprint density at radius 1 is 1.47 bits per heavy atom. The minimum Gasteiger partial charge on any atom is -0.480 e. The number of para-hydroxylation sites is 1. The van der Waals surface area contributed by atoms with E-state index >= 15 is 0 Å². The van der Waals surface area contributed by atoms with Crippen LogP contribution in [0.25, 0.3) is 10.2 Å². The first-order valence-electron chi connectivity index (χ1n) is 6.13. The smallest absolute Gasteiger partial charge is 0.321 e. The van der Waals surface area contributed by atoms with Crippen LogP contribution in [-0.4, -0.2) is 44.8 Å². The van der Waals surface area contributed by atoms with Gasteiger partial charge in [0.25, 0.3) is 0 Å². The molecule has 1 fully saturated rings. The number of aliphatic carboxylic acids is 1. The SMILES string of the molecule is O=C(O)C1CC(O)CN1Cc1nc2ccccc2s1. The molecule has 0 bridgehead atoms. The number of carbonyl (C=O) groups is 1. The van der Waals surface area contributed by atoms with Crippen molar-refractivity contribution in [2.45, 2.75) is 25.1 Å². The Morgan fingerprint density at radius 3 is 3.00 bits per heavy atom. The second-order valence-electron chi connectivity index (χ2n) is 4.75. The Hall–Kier alpha value is -1.50. The predicted molar refractivity (Wildman–Crippen MR) is 72.1 cm³/mol. The minimum absolute atomic E-state index is 0.292. The maximum Gasteiger partial charge on any atom is 0.321 e. The molecule has 1 aliphatic heterocycles. The largest absolute Gasteiger partial charge is 0.480 e. The van der Waals surface area contributed by atoms with Gasteiger partial charge in [-0.3, -0.25) is 9.69 Å². The van der Waals surface area contributed by atoms with Gasteiger partial charge in [-0.05, 0) is 12.1 Å². The Balaban J connectivity index is 1.82. The summed E-state index contributed by atoms with van der Waals surface area (Å²) in [5.41, 5.74) is 0.939. The predicted octanol–water partition coefficient (Wildman–Crippen LogP) is 1.32. The first-order chi connectivity index (χ1) is 9.13. The molecular formula is C13H14N2O3S. The minimum atomic E-state index is -0.877. The Labute approximate surface area is 114 Å². The van der Waals surface area contributed by atoms with Crippen LogP contribution in [0, 0.1) is 0 Å². The molecule has 1 aromatic heterocycles. The van der Waals surface area contributed by atoms with Gasteiger partial charge in [0, 0.05) is 13.0 Å². The molecule has 0 amide bonds. The fourth-order valence-corrected chi connectivity index (χ4v) is 3.47. The van der Waals surface area contributed by atoms with Crippen molar-refractivity contribution in [1.82, 2.24) is 9.88 Å². The number of benzene rings is 1. The number of hydrogen-bond acceptors (Lipinski definition) is 5. The van der Waals surface area contributed by atoms with E-state index in [9.17, 15) is 9.90 Å². The Bertz CT molecular complexity index is 580. The first-order valence-corrected chi connectivity index (χ1v) is 6.94. The quantitative estimate of drug-likeness (QED) is 0.885. The van der Waals surface area contributed by atoms with Gasteiger partial charge < -0.3 is 10.2 Å². The van der Waals surface area contributed by atoms with Gasteiger partial charge in [-0.15, -0.1) is 11.3 Å². The van der Waals surface area contributed by atoms with E-state index in [1.165, 1.54) is 0 Å². The monoisotopic (exact) mass is 278 g/mol. The Kier molecular flexibility index (Phi) is 3.22. The lowest BCUT2D eigenvalue weighted by atomic mass is 10.2. The maximum absolute atomic E-state index is 11.2. The number of aliphatic hydroxyl groups excluding tert-OH is 1. The number of aliphatic hydroxyl groups is 1. The summed E-state index contributed by atoms with van der Waals surface area (Å²) in [5, 5.41) is 19.7. The van der Waals surface area contributed by atoms with E-state index in [-0.39, 0.29) is 0 Å². The van der Waals surface area contributed by atoms with Gasteiger partial charge in [-0.1, -0.05) is 12.1 Å². The molecule has 2 unspecified atom stereocenters. The fraction of sp³-hybridized carbons (Fsp3) is 0.385. The zero-order valence-corrected chi connectivity index (χ0v) is 11.0. The van der Waals surface area contributed by atoms with Crippen LogP contribution in [0.1, 0.15) is 11.4 Å². The molecule has 2 N–H and O–H groups in total. The highest BCUT2D eigenvalue weighted by Crippen LogP contribution is 2.26. The number of fused-ring (bicyclic) bond motifs is 1. The van der Waals surface area contributed by atoms with Gasteiger partial charge in [0.05, 0.1) is 22.9 Å². The van der Waals surface area contributed by atoms with E-state index in [4.69, 9.17) is 5.11 Å². The molecule has 100 valence electrons. The van der Waals surface area contributed by atoms with Crippen molar-refractivity contribution in [3.63, 3.8) is 0 Å². The number of aromatic nitrogens is 1. The number of nitrogens with zero attached hydrogens (tertiary/aromatic N) is 2. The summed E-state index contributed by atoms with van der Waals surface area (Å²) in [5.74, 6) is -0.877. The van der Waals surface area contributed by atoms with Crippen LogP contribution in [0.5, 0.6) is 0 Å². The topological polar surface area (TPSA) is 73.7 Å². The van der Waals surface area contributed by atoms with Crippen LogP contribution in [0.2, 0.25) is 0 Å². The van der Waals surface area contributed by atoms with Crippen molar-refractivity contribution in [2.75, 3.05) is 6.54 Å². The average molecular weight is 278 g/mol. The summed E-state index contributed by atoms with van der Waals surface area (Å²) < 4.78 is 1.10.